The first-order valence-electron chi connectivity index (χ1n) is 10.5. The number of benzene rings is 2. The van der Waals surface area contributed by atoms with Gasteiger partial charge in [0.15, 0.2) is 0 Å². The van der Waals surface area contributed by atoms with Crippen LogP contribution in [0, 0.1) is 0 Å². The van der Waals surface area contributed by atoms with Crippen LogP contribution in [0.15, 0.2) is 53.4 Å². The molecule has 1 aliphatic carbocycles. The van der Waals surface area contributed by atoms with Gasteiger partial charge in [0.05, 0.1) is 4.90 Å². The zero-order chi connectivity index (χ0) is 20.3. The fourth-order valence-corrected chi connectivity index (χ4v) is 6.00. The van der Waals surface area contributed by atoms with Gasteiger partial charge in [0.25, 0.3) is 5.91 Å². The smallest absolute Gasteiger partial charge is 0.251 e. The van der Waals surface area contributed by atoms with Crippen molar-refractivity contribution in [2.75, 3.05) is 19.6 Å². The molecule has 1 fully saturated rings. The molecule has 2 aromatic carbocycles. The van der Waals surface area contributed by atoms with Gasteiger partial charge in [-0.2, -0.15) is 4.31 Å². The van der Waals surface area contributed by atoms with E-state index < -0.39 is 10.0 Å². The van der Waals surface area contributed by atoms with Gasteiger partial charge >= 0.3 is 0 Å². The molecule has 1 aliphatic heterocycles. The van der Waals surface area contributed by atoms with E-state index in [2.05, 4.69) is 23.5 Å². The Hall–Kier alpha value is -2.18. The van der Waals surface area contributed by atoms with Gasteiger partial charge in [-0.1, -0.05) is 36.8 Å². The highest BCUT2D eigenvalue weighted by atomic mass is 32.2. The maximum Gasteiger partial charge on any atom is 0.251 e. The molecule has 1 amide bonds. The molecule has 1 atom stereocenters. The standard InChI is InChI=1S/C23H28N2O3S/c26-23(24-17-20-11-6-9-18-8-2-3-13-22(18)20)19-10-7-12-21(16-19)29(27,28)25-14-4-1-5-15-25/h2-3,7-8,10,12-13,16,20H,1,4-6,9,11,14-15,17H2,(H,24,26). The average Bonchev–Trinajstić information content (AvgIpc) is 2.78. The highest BCUT2D eigenvalue weighted by Gasteiger charge is 2.27. The van der Waals surface area contributed by atoms with E-state index >= 15 is 0 Å². The lowest BCUT2D eigenvalue weighted by Crippen LogP contribution is -2.35. The lowest BCUT2D eigenvalue weighted by molar-refractivity contribution is 0.0950. The molecule has 0 saturated carbocycles. The summed E-state index contributed by atoms with van der Waals surface area (Å²) < 4.78 is 27.3. The minimum atomic E-state index is -3.54. The Bertz CT molecular complexity index is 981. The summed E-state index contributed by atoms with van der Waals surface area (Å²) in [4.78, 5) is 12.9. The van der Waals surface area contributed by atoms with Crippen molar-refractivity contribution in [3.63, 3.8) is 0 Å². The second-order valence-corrected chi connectivity index (χ2v) is 9.93. The molecule has 2 aromatic rings. The number of aryl methyl sites for hydroxylation is 1. The second-order valence-electron chi connectivity index (χ2n) is 7.99. The number of nitrogens with one attached hydrogen (secondary N) is 1. The molecule has 1 heterocycles. The summed E-state index contributed by atoms with van der Waals surface area (Å²) >= 11 is 0. The Labute approximate surface area is 173 Å². The summed E-state index contributed by atoms with van der Waals surface area (Å²) in [7, 11) is -3.54. The highest BCUT2D eigenvalue weighted by Crippen LogP contribution is 2.31. The zero-order valence-corrected chi connectivity index (χ0v) is 17.5. The molecule has 0 aromatic heterocycles. The summed E-state index contributed by atoms with van der Waals surface area (Å²) in [6.07, 6.45) is 6.13. The Morgan fingerprint density at radius 2 is 1.79 bits per heavy atom. The first-order chi connectivity index (χ1) is 14.1. The van der Waals surface area contributed by atoms with E-state index in [4.69, 9.17) is 0 Å². The molecule has 6 heteroatoms. The SMILES string of the molecule is O=C(NCC1CCCc2ccccc21)c1cccc(S(=O)(=O)N2CCCCC2)c1. The summed E-state index contributed by atoms with van der Waals surface area (Å²) in [5, 5.41) is 3.02. The fourth-order valence-electron chi connectivity index (χ4n) is 4.44. The Balaban J connectivity index is 1.46. The molecule has 1 N–H and O–H groups in total. The fraction of sp³-hybridized carbons (Fsp3) is 0.435. The van der Waals surface area contributed by atoms with Crippen LogP contribution >= 0.6 is 0 Å². The molecule has 0 radical (unpaired) electrons. The van der Waals surface area contributed by atoms with Gasteiger partial charge in [0.2, 0.25) is 10.0 Å². The molecular formula is C23H28N2O3S. The van der Waals surface area contributed by atoms with Crippen molar-refractivity contribution in [2.45, 2.75) is 49.3 Å². The first-order valence-corrected chi connectivity index (χ1v) is 12.0. The van der Waals surface area contributed by atoms with Crippen LogP contribution in [0.2, 0.25) is 0 Å². The van der Waals surface area contributed by atoms with Crippen LogP contribution in [0.4, 0.5) is 0 Å². The van der Waals surface area contributed by atoms with E-state index in [1.807, 2.05) is 6.07 Å². The predicted octanol–water partition coefficient (Wildman–Crippen LogP) is 3.71. The number of amides is 1. The van der Waals surface area contributed by atoms with Crippen molar-refractivity contribution in [2.24, 2.45) is 0 Å². The van der Waals surface area contributed by atoms with E-state index in [0.29, 0.717) is 31.1 Å². The van der Waals surface area contributed by atoms with Crippen LogP contribution in [0.1, 0.15) is 59.5 Å². The van der Waals surface area contributed by atoms with Crippen LogP contribution in [0.3, 0.4) is 0 Å². The summed E-state index contributed by atoms with van der Waals surface area (Å²) in [6.45, 7) is 1.68. The third kappa shape index (κ3) is 4.38. The van der Waals surface area contributed by atoms with E-state index in [-0.39, 0.29) is 10.8 Å². The molecule has 2 aliphatic rings. The van der Waals surface area contributed by atoms with Crippen molar-refractivity contribution in [3.05, 3.63) is 65.2 Å². The number of sulfonamides is 1. The number of carbonyl (C=O) groups is 1. The predicted molar refractivity (Wildman–Crippen MR) is 114 cm³/mol. The van der Waals surface area contributed by atoms with Gasteiger partial charge in [-0.05, 0) is 61.4 Å². The monoisotopic (exact) mass is 412 g/mol. The van der Waals surface area contributed by atoms with Crippen molar-refractivity contribution in [3.8, 4) is 0 Å². The quantitative estimate of drug-likeness (QED) is 0.814. The van der Waals surface area contributed by atoms with Gasteiger partial charge in [-0.15, -0.1) is 0 Å². The molecule has 154 valence electrons. The number of carbonyl (C=O) groups excluding carboxylic acids is 1. The molecular weight excluding hydrogens is 384 g/mol. The molecule has 0 bridgehead atoms. The Morgan fingerprint density at radius 1 is 1.00 bits per heavy atom. The summed E-state index contributed by atoms with van der Waals surface area (Å²) in [5.41, 5.74) is 3.08. The number of nitrogens with zero attached hydrogens (tertiary/aromatic N) is 1. The molecule has 29 heavy (non-hydrogen) atoms. The lowest BCUT2D eigenvalue weighted by Gasteiger charge is -2.26. The maximum atomic E-state index is 12.9. The van der Waals surface area contributed by atoms with Crippen LogP contribution in [0.25, 0.3) is 0 Å². The van der Waals surface area contributed by atoms with Gasteiger partial charge < -0.3 is 5.32 Å². The van der Waals surface area contributed by atoms with Crippen molar-refractivity contribution >= 4 is 15.9 Å². The van der Waals surface area contributed by atoms with Gasteiger partial charge in [0.1, 0.15) is 0 Å². The Morgan fingerprint density at radius 3 is 2.62 bits per heavy atom. The van der Waals surface area contributed by atoms with Crippen molar-refractivity contribution in [1.82, 2.24) is 9.62 Å². The Kier molecular flexibility index (Phi) is 6.01. The number of hydrogen-bond donors (Lipinski definition) is 1. The lowest BCUT2D eigenvalue weighted by atomic mass is 9.83. The van der Waals surface area contributed by atoms with E-state index in [1.165, 1.54) is 21.5 Å². The van der Waals surface area contributed by atoms with Crippen LogP contribution in [0.5, 0.6) is 0 Å². The third-order valence-corrected chi connectivity index (χ3v) is 7.95. The minimum Gasteiger partial charge on any atom is -0.351 e. The summed E-state index contributed by atoms with van der Waals surface area (Å²) in [5.74, 6) is 0.0907. The number of rotatable bonds is 5. The number of hydrogen-bond acceptors (Lipinski definition) is 3. The van der Waals surface area contributed by atoms with Crippen LogP contribution in [-0.2, 0) is 16.4 Å². The normalized spacial score (nSPS) is 20.1. The minimum absolute atomic E-state index is 0.204. The molecule has 5 nitrogen and oxygen atoms in total. The third-order valence-electron chi connectivity index (χ3n) is 6.05. The van der Waals surface area contributed by atoms with Gasteiger partial charge in [0, 0.05) is 31.1 Å². The topological polar surface area (TPSA) is 66.5 Å². The van der Waals surface area contributed by atoms with Gasteiger partial charge in [-0.25, -0.2) is 8.42 Å². The summed E-state index contributed by atoms with van der Waals surface area (Å²) in [6, 6.07) is 14.9. The average molecular weight is 413 g/mol. The van der Waals surface area contributed by atoms with Crippen LogP contribution in [-0.4, -0.2) is 38.3 Å². The van der Waals surface area contributed by atoms with Crippen molar-refractivity contribution in [1.29, 1.82) is 0 Å². The van der Waals surface area contributed by atoms with Crippen molar-refractivity contribution < 1.29 is 13.2 Å². The van der Waals surface area contributed by atoms with Gasteiger partial charge in [-0.3, -0.25) is 4.79 Å². The largest absolute Gasteiger partial charge is 0.351 e. The number of piperidine rings is 1. The highest BCUT2D eigenvalue weighted by molar-refractivity contribution is 7.89. The number of fused-ring (bicyclic) bond motifs is 1. The first kappa shape index (κ1) is 20.1. The second kappa shape index (κ2) is 8.67. The van der Waals surface area contributed by atoms with E-state index in [1.54, 1.807) is 18.2 Å². The molecule has 0 spiro atoms. The van der Waals surface area contributed by atoms with E-state index in [9.17, 15) is 13.2 Å². The molecule has 1 unspecified atom stereocenters. The zero-order valence-electron chi connectivity index (χ0n) is 16.6. The molecule has 1 saturated heterocycles. The van der Waals surface area contributed by atoms with E-state index in [0.717, 1.165) is 38.5 Å². The molecule has 4 rings (SSSR count). The maximum absolute atomic E-state index is 12.9. The van der Waals surface area contributed by atoms with Crippen LogP contribution < -0.4 is 5.32 Å².